The summed E-state index contributed by atoms with van der Waals surface area (Å²) in [5, 5.41) is 12.4. The fraction of sp³-hybridized carbons (Fsp3) is 0.316. The van der Waals surface area contributed by atoms with E-state index in [2.05, 4.69) is 25.2 Å². The van der Waals surface area contributed by atoms with Crippen LogP contribution in [-0.4, -0.2) is 45.2 Å². The molecule has 1 aliphatic rings. The van der Waals surface area contributed by atoms with Crippen LogP contribution in [0.1, 0.15) is 29.0 Å². The fourth-order valence-corrected chi connectivity index (χ4v) is 3.40. The maximum Gasteiger partial charge on any atom is 0.251 e. The SMILES string of the molecule is O=C(NCc1nc2ccccc2[nH]1)c1ccnc(N2CCCC2CO)c1. The van der Waals surface area contributed by atoms with E-state index in [4.69, 9.17) is 0 Å². The van der Waals surface area contributed by atoms with Crippen molar-refractivity contribution in [2.75, 3.05) is 18.1 Å². The first-order valence-electron chi connectivity index (χ1n) is 8.80. The van der Waals surface area contributed by atoms with Gasteiger partial charge in [-0.1, -0.05) is 12.1 Å². The topological polar surface area (TPSA) is 94.1 Å². The number of fused-ring (bicyclic) bond motifs is 1. The number of carbonyl (C=O) groups excluding carboxylic acids is 1. The first-order valence-corrected chi connectivity index (χ1v) is 8.80. The Balaban J connectivity index is 1.45. The largest absolute Gasteiger partial charge is 0.394 e. The van der Waals surface area contributed by atoms with Crippen LogP contribution < -0.4 is 10.2 Å². The Morgan fingerprint density at radius 3 is 3.08 bits per heavy atom. The van der Waals surface area contributed by atoms with Crippen molar-refractivity contribution in [2.24, 2.45) is 0 Å². The second-order valence-corrected chi connectivity index (χ2v) is 6.46. The highest BCUT2D eigenvalue weighted by molar-refractivity contribution is 5.94. The van der Waals surface area contributed by atoms with Crippen molar-refractivity contribution in [1.82, 2.24) is 20.3 Å². The molecule has 134 valence electrons. The molecule has 1 unspecified atom stereocenters. The molecular formula is C19H21N5O2. The summed E-state index contributed by atoms with van der Waals surface area (Å²) in [7, 11) is 0. The number of para-hydroxylation sites is 2. The summed E-state index contributed by atoms with van der Waals surface area (Å²) in [6, 6.07) is 11.3. The minimum absolute atomic E-state index is 0.0800. The van der Waals surface area contributed by atoms with E-state index in [0.717, 1.165) is 36.2 Å². The monoisotopic (exact) mass is 351 g/mol. The number of rotatable bonds is 5. The summed E-state index contributed by atoms with van der Waals surface area (Å²) < 4.78 is 0. The van der Waals surface area contributed by atoms with Crippen molar-refractivity contribution >= 4 is 22.8 Å². The smallest absolute Gasteiger partial charge is 0.251 e. The molecule has 3 aromatic rings. The van der Waals surface area contributed by atoms with E-state index in [9.17, 15) is 9.90 Å². The third kappa shape index (κ3) is 3.25. The van der Waals surface area contributed by atoms with Crippen molar-refractivity contribution in [3.05, 3.63) is 54.0 Å². The lowest BCUT2D eigenvalue weighted by Gasteiger charge is -2.24. The molecular weight excluding hydrogens is 330 g/mol. The molecule has 1 aromatic carbocycles. The van der Waals surface area contributed by atoms with Gasteiger partial charge in [0.2, 0.25) is 0 Å². The van der Waals surface area contributed by atoms with Gasteiger partial charge < -0.3 is 20.3 Å². The number of nitrogens with zero attached hydrogens (tertiary/aromatic N) is 3. The number of hydrogen-bond acceptors (Lipinski definition) is 5. The summed E-state index contributed by atoms with van der Waals surface area (Å²) in [5.41, 5.74) is 2.38. The number of nitrogens with one attached hydrogen (secondary N) is 2. The molecule has 1 fully saturated rings. The Labute approximate surface area is 151 Å². The van der Waals surface area contributed by atoms with Crippen LogP contribution in [0.3, 0.4) is 0 Å². The van der Waals surface area contributed by atoms with Crippen molar-refractivity contribution in [3.63, 3.8) is 0 Å². The highest BCUT2D eigenvalue weighted by Crippen LogP contribution is 2.24. The Morgan fingerprint density at radius 1 is 1.35 bits per heavy atom. The van der Waals surface area contributed by atoms with Gasteiger partial charge in [-0.3, -0.25) is 4.79 Å². The number of anilines is 1. The highest BCUT2D eigenvalue weighted by Gasteiger charge is 2.25. The number of aromatic nitrogens is 3. The lowest BCUT2D eigenvalue weighted by atomic mass is 10.2. The summed E-state index contributed by atoms with van der Waals surface area (Å²) in [4.78, 5) is 26.6. The van der Waals surface area contributed by atoms with E-state index in [1.807, 2.05) is 24.3 Å². The molecule has 0 spiro atoms. The molecule has 1 atom stereocenters. The third-order valence-corrected chi connectivity index (χ3v) is 4.74. The zero-order chi connectivity index (χ0) is 17.9. The van der Waals surface area contributed by atoms with Crippen LogP contribution in [0.4, 0.5) is 5.82 Å². The lowest BCUT2D eigenvalue weighted by molar-refractivity contribution is 0.0950. The predicted octanol–water partition coefficient (Wildman–Crippen LogP) is 1.85. The zero-order valence-corrected chi connectivity index (χ0v) is 14.4. The van der Waals surface area contributed by atoms with Gasteiger partial charge in [0.25, 0.3) is 5.91 Å². The van der Waals surface area contributed by atoms with Gasteiger partial charge in [-0.25, -0.2) is 9.97 Å². The van der Waals surface area contributed by atoms with E-state index >= 15 is 0 Å². The van der Waals surface area contributed by atoms with Gasteiger partial charge in [-0.2, -0.15) is 0 Å². The zero-order valence-electron chi connectivity index (χ0n) is 14.4. The van der Waals surface area contributed by atoms with Crippen molar-refractivity contribution < 1.29 is 9.90 Å². The van der Waals surface area contributed by atoms with Crippen molar-refractivity contribution in [3.8, 4) is 0 Å². The van der Waals surface area contributed by atoms with E-state index in [1.165, 1.54) is 0 Å². The quantitative estimate of drug-likeness (QED) is 0.652. The molecule has 4 rings (SSSR count). The van der Waals surface area contributed by atoms with Crippen LogP contribution in [-0.2, 0) is 6.54 Å². The molecule has 0 radical (unpaired) electrons. The van der Waals surface area contributed by atoms with Gasteiger partial charge in [-0.05, 0) is 37.1 Å². The standard InChI is InChI=1S/C19H21N5O2/c25-12-14-4-3-9-24(14)18-10-13(7-8-20-18)19(26)21-11-17-22-15-5-1-2-6-16(15)23-17/h1-2,5-8,10,14,25H,3-4,9,11-12H2,(H,21,26)(H,22,23). The molecule has 3 N–H and O–H groups in total. The van der Waals surface area contributed by atoms with Crippen LogP contribution in [0.2, 0.25) is 0 Å². The van der Waals surface area contributed by atoms with Gasteiger partial charge in [0.15, 0.2) is 0 Å². The van der Waals surface area contributed by atoms with Crippen LogP contribution in [0.5, 0.6) is 0 Å². The average molecular weight is 351 g/mol. The van der Waals surface area contributed by atoms with Gasteiger partial charge in [0, 0.05) is 18.3 Å². The van der Waals surface area contributed by atoms with Crippen molar-refractivity contribution in [2.45, 2.75) is 25.4 Å². The highest BCUT2D eigenvalue weighted by atomic mass is 16.3. The molecule has 26 heavy (non-hydrogen) atoms. The molecule has 1 saturated heterocycles. The molecule has 7 nitrogen and oxygen atoms in total. The van der Waals surface area contributed by atoms with Crippen LogP contribution in [0, 0.1) is 0 Å². The number of aromatic amines is 1. The normalized spacial score (nSPS) is 17.0. The molecule has 7 heteroatoms. The molecule has 1 amide bonds. The number of amides is 1. The molecule has 3 heterocycles. The number of carbonyl (C=O) groups is 1. The Morgan fingerprint density at radius 2 is 2.23 bits per heavy atom. The number of aliphatic hydroxyl groups excluding tert-OH is 1. The van der Waals surface area contributed by atoms with E-state index < -0.39 is 0 Å². The van der Waals surface area contributed by atoms with Gasteiger partial charge in [-0.15, -0.1) is 0 Å². The first-order chi connectivity index (χ1) is 12.7. The number of H-pyrrole nitrogens is 1. The number of benzene rings is 1. The molecule has 2 aromatic heterocycles. The molecule has 0 aliphatic carbocycles. The van der Waals surface area contributed by atoms with Crippen molar-refractivity contribution in [1.29, 1.82) is 0 Å². The summed E-state index contributed by atoms with van der Waals surface area (Å²) in [6.07, 6.45) is 3.61. The Hall–Kier alpha value is -2.93. The van der Waals surface area contributed by atoms with Gasteiger partial charge >= 0.3 is 0 Å². The van der Waals surface area contributed by atoms with Crippen LogP contribution in [0.15, 0.2) is 42.6 Å². The summed E-state index contributed by atoms with van der Waals surface area (Å²) in [5.74, 6) is 1.28. The number of pyridine rings is 1. The lowest BCUT2D eigenvalue weighted by Crippen LogP contribution is -2.33. The third-order valence-electron chi connectivity index (χ3n) is 4.74. The Kier molecular flexibility index (Phi) is 4.53. The van der Waals surface area contributed by atoms with Crippen LogP contribution in [0.25, 0.3) is 11.0 Å². The summed E-state index contributed by atoms with van der Waals surface area (Å²) in [6.45, 7) is 1.28. The molecule has 1 aliphatic heterocycles. The minimum Gasteiger partial charge on any atom is -0.394 e. The predicted molar refractivity (Wildman–Crippen MR) is 99.0 cm³/mol. The van der Waals surface area contributed by atoms with Gasteiger partial charge in [0.1, 0.15) is 11.6 Å². The second kappa shape index (κ2) is 7.13. The van der Waals surface area contributed by atoms with E-state index in [1.54, 1.807) is 18.3 Å². The van der Waals surface area contributed by atoms with Gasteiger partial charge in [0.05, 0.1) is 30.2 Å². The maximum atomic E-state index is 12.5. The second-order valence-electron chi connectivity index (χ2n) is 6.46. The number of aliphatic hydroxyl groups is 1. The molecule has 0 saturated carbocycles. The number of hydrogen-bond donors (Lipinski definition) is 3. The number of imidazole rings is 1. The summed E-state index contributed by atoms with van der Waals surface area (Å²) >= 11 is 0. The Bertz CT molecular complexity index is 890. The van der Waals surface area contributed by atoms with Crippen LogP contribution >= 0.6 is 0 Å². The fourth-order valence-electron chi connectivity index (χ4n) is 3.40. The average Bonchev–Trinajstić information content (AvgIpc) is 3.32. The maximum absolute atomic E-state index is 12.5. The van der Waals surface area contributed by atoms with E-state index in [0.29, 0.717) is 17.9 Å². The first kappa shape index (κ1) is 16.5. The molecule has 0 bridgehead atoms. The minimum atomic E-state index is -0.172. The van der Waals surface area contributed by atoms with E-state index in [-0.39, 0.29) is 18.6 Å².